The van der Waals surface area contributed by atoms with Gasteiger partial charge in [-0.1, -0.05) is 39.8 Å². The fourth-order valence-electron chi connectivity index (χ4n) is 4.58. The van der Waals surface area contributed by atoms with Gasteiger partial charge in [-0.15, -0.1) is 0 Å². The molecule has 3 rings (SSSR count). The molecule has 22 heavy (non-hydrogen) atoms. The van der Waals surface area contributed by atoms with Gasteiger partial charge >= 0.3 is 0 Å². The van der Waals surface area contributed by atoms with Gasteiger partial charge in [-0.25, -0.2) is 0 Å². The largest absolute Gasteiger partial charge is 0.508 e. The lowest BCUT2D eigenvalue weighted by Crippen LogP contribution is -2.51. The van der Waals surface area contributed by atoms with Crippen molar-refractivity contribution in [1.82, 2.24) is 0 Å². The Morgan fingerprint density at radius 2 is 1.91 bits per heavy atom. The lowest BCUT2D eigenvalue weighted by molar-refractivity contribution is -0.124. The number of carbonyl (C=O) groups is 1. The van der Waals surface area contributed by atoms with E-state index in [1.54, 1.807) is 6.08 Å². The van der Waals surface area contributed by atoms with Crippen LogP contribution in [0.15, 0.2) is 24.3 Å². The molecule has 0 fully saturated rings. The number of allylic oxidation sites excluding steroid dienone is 2. The first-order valence-electron chi connectivity index (χ1n) is 8.28. The summed E-state index contributed by atoms with van der Waals surface area (Å²) < 4.78 is 0. The number of ketones is 1. The molecule has 0 saturated heterocycles. The Labute approximate surface area is 133 Å². The van der Waals surface area contributed by atoms with Gasteiger partial charge in [0, 0.05) is 0 Å². The van der Waals surface area contributed by atoms with E-state index in [1.807, 2.05) is 6.07 Å². The summed E-state index contributed by atoms with van der Waals surface area (Å²) >= 11 is 0. The third-order valence-corrected chi connectivity index (χ3v) is 5.91. The number of carbonyl (C=O) groups excluding carboxylic acids is 1. The third-order valence-electron chi connectivity index (χ3n) is 5.91. The summed E-state index contributed by atoms with van der Waals surface area (Å²) in [5.41, 5.74) is 2.75. The summed E-state index contributed by atoms with van der Waals surface area (Å²) in [6.45, 7) is 10.7. The monoisotopic (exact) mass is 298 g/mol. The molecule has 1 aromatic carbocycles. The smallest absolute Gasteiger partial charge is 0.165 e. The first-order chi connectivity index (χ1) is 10.2. The molecule has 0 unspecified atom stereocenters. The Morgan fingerprint density at radius 3 is 2.55 bits per heavy atom. The van der Waals surface area contributed by atoms with Crippen LogP contribution in [0.1, 0.15) is 63.6 Å². The van der Waals surface area contributed by atoms with Crippen molar-refractivity contribution < 1.29 is 9.90 Å². The molecule has 0 heterocycles. The highest BCUT2D eigenvalue weighted by Crippen LogP contribution is 2.54. The van der Waals surface area contributed by atoms with E-state index >= 15 is 0 Å². The third kappa shape index (κ3) is 1.96. The van der Waals surface area contributed by atoms with Crippen LogP contribution in [0.5, 0.6) is 5.75 Å². The van der Waals surface area contributed by atoms with Crippen LogP contribution in [-0.2, 0) is 16.6 Å². The number of fused-ring (bicyclic) bond motifs is 3. The number of benzene rings is 1. The topological polar surface area (TPSA) is 37.3 Å². The van der Waals surface area contributed by atoms with Gasteiger partial charge in [-0.2, -0.15) is 0 Å². The Hall–Kier alpha value is -1.57. The average Bonchev–Trinajstić information content (AvgIpc) is 2.43. The molecular formula is C20H26O2. The molecule has 1 N–H and O–H groups in total. The Bertz CT molecular complexity index is 667. The lowest BCUT2D eigenvalue weighted by atomic mass is 9.52. The molecule has 2 atom stereocenters. The zero-order valence-electron chi connectivity index (χ0n) is 14.2. The van der Waals surface area contributed by atoms with Gasteiger partial charge in [0.2, 0.25) is 0 Å². The van der Waals surface area contributed by atoms with Crippen LogP contribution in [0.2, 0.25) is 0 Å². The second-order valence-corrected chi connectivity index (χ2v) is 8.04. The standard InChI is InChI=1S/C20H26O2/c1-12(2)14-10-13-6-7-17-19(3,4)9-8-18(22)20(17,5)15(13)11-16(14)21/h8-12,17,21H,6-7H2,1-5H3/t17-,20+/m0/s1. The Morgan fingerprint density at radius 1 is 1.23 bits per heavy atom. The minimum Gasteiger partial charge on any atom is -0.508 e. The van der Waals surface area contributed by atoms with Gasteiger partial charge in [0.25, 0.3) is 0 Å². The van der Waals surface area contributed by atoms with E-state index in [-0.39, 0.29) is 23.0 Å². The molecule has 2 nitrogen and oxygen atoms in total. The number of phenolic OH excluding ortho intramolecular Hbond substituents is 1. The molecule has 118 valence electrons. The summed E-state index contributed by atoms with van der Waals surface area (Å²) in [5, 5.41) is 10.4. The minimum atomic E-state index is -0.515. The number of hydrogen-bond donors (Lipinski definition) is 1. The fraction of sp³-hybridized carbons (Fsp3) is 0.550. The second-order valence-electron chi connectivity index (χ2n) is 8.04. The minimum absolute atomic E-state index is 0.00664. The molecule has 0 amide bonds. The molecule has 0 saturated carbocycles. The highest BCUT2D eigenvalue weighted by atomic mass is 16.3. The predicted molar refractivity (Wildman–Crippen MR) is 89.3 cm³/mol. The number of aryl methyl sites for hydroxylation is 1. The quantitative estimate of drug-likeness (QED) is 0.828. The Kier molecular flexibility index (Phi) is 3.28. The van der Waals surface area contributed by atoms with Gasteiger partial charge < -0.3 is 5.11 Å². The van der Waals surface area contributed by atoms with E-state index in [2.05, 4.69) is 46.8 Å². The van der Waals surface area contributed by atoms with E-state index < -0.39 is 5.41 Å². The van der Waals surface area contributed by atoms with Crippen molar-refractivity contribution in [2.24, 2.45) is 11.3 Å². The Balaban J connectivity index is 2.22. The average molecular weight is 298 g/mol. The summed E-state index contributed by atoms with van der Waals surface area (Å²) in [5.74, 6) is 1.08. The van der Waals surface area contributed by atoms with Gasteiger partial charge in [-0.05, 0) is 65.8 Å². The fourth-order valence-corrected chi connectivity index (χ4v) is 4.58. The summed E-state index contributed by atoms with van der Waals surface area (Å²) in [4.78, 5) is 12.8. The summed E-state index contributed by atoms with van der Waals surface area (Å²) in [7, 11) is 0. The van der Waals surface area contributed by atoms with Gasteiger partial charge in [0.05, 0.1) is 5.41 Å². The molecule has 0 bridgehead atoms. The van der Waals surface area contributed by atoms with Crippen LogP contribution < -0.4 is 0 Å². The number of hydrogen-bond acceptors (Lipinski definition) is 2. The van der Waals surface area contributed by atoms with Crippen molar-refractivity contribution in [1.29, 1.82) is 0 Å². The van der Waals surface area contributed by atoms with Crippen LogP contribution in [0.3, 0.4) is 0 Å². The highest BCUT2D eigenvalue weighted by molar-refractivity contribution is 6.00. The van der Waals surface area contributed by atoms with E-state index in [1.165, 1.54) is 5.56 Å². The number of phenols is 1. The maximum Gasteiger partial charge on any atom is 0.165 e. The second kappa shape index (κ2) is 4.71. The van der Waals surface area contributed by atoms with Crippen molar-refractivity contribution in [3.05, 3.63) is 41.0 Å². The van der Waals surface area contributed by atoms with Gasteiger partial charge in [0.1, 0.15) is 5.75 Å². The SMILES string of the molecule is CC(C)c1cc2c(cc1O)[C@@]1(C)C(=O)C=CC(C)(C)[C@@H]1CC2. The number of rotatable bonds is 1. The van der Waals surface area contributed by atoms with Crippen molar-refractivity contribution in [3.63, 3.8) is 0 Å². The first-order valence-corrected chi connectivity index (χ1v) is 8.28. The molecular weight excluding hydrogens is 272 g/mol. The first kappa shape index (κ1) is 15.3. The number of aromatic hydroxyl groups is 1. The zero-order chi connectivity index (χ0) is 16.3. The normalized spacial score (nSPS) is 29.4. The molecule has 2 aliphatic carbocycles. The van der Waals surface area contributed by atoms with E-state index in [9.17, 15) is 9.90 Å². The molecule has 0 spiro atoms. The van der Waals surface area contributed by atoms with Crippen molar-refractivity contribution >= 4 is 5.78 Å². The highest BCUT2D eigenvalue weighted by Gasteiger charge is 2.52. The van der Waals surface area contributed by atoms with Gasteiger partial charge in [0.15, 0.2) is 5.78 Å². The summed E-state index contributed by atoms with van der Waals surface area (Å²) in [6.07, 6.45) is 5.82. The van der Waals surface area contributed by atoms with E-state index in [4.69, 9.17) is 0 Å². The van der Waals surface area contributed by atoms with Crippen LogP contribution in [0.25, 0.3) is 0 Å². The molecule has 0 aliphatic heterocycles. The predicted octanol–water partition coefficient (Wildman–Crippen LogP) is 4.50. The van der Waals surface area contributed by atoms with Crippen molar-refractivity contribution in [3.8, 4) is 5.75 Å². The van der Waals surface area contributed by atoms with E-state index in [0.717, 1.165) is 24.0 Å². The lowest BCUT2D eigenvalue weighted by Gasteiger charge is -2.50. The molecule has 0 radical (unpaired) electrons. The maximum atomic E-state index is 12.8. The van der Waals surface area contributed by atoms with E-state index in [0.29, 0.717) is 5.75 Å². The maximum absolute atomic E-state index is 12.8. The molecule has 0 aromatic heterocycles. The van der Waals surface area contributed by atoms with Crippen molar-refractivity contribution in [2.75, 3.05) is 0 Å². The zero-order valence-corrected chi connectivity index (χ0v) is 14.2. The molecule has 2 aliphatic rings. The van der Waals surface area contributed by atoms with Gasteiger partial charge in [-0.3, -0.25) is 4.79 Å². The van der Waals surface area contributed by atoms with Crippen LogP contribution >= 0.6 is 0 Å². The summed E-state index contributed by atoms with van der Waals surface area (Å²) in [6, 6.07) is 3.99. The molecule has 1 aromatic rings. The van der Waals surface area contributed by atoms with Crippen LogP contribution in [0.4, 0.5) is 0 Å². The van der Waals surface area contributed by atoms with Crippen LogP contribution in [0, 0.1) is 11.3 Å². The van der Waals surface area contributed by atoms with Crippen LogP contribution in [-0.4, -0.2) is 10.9 Å². The van der Waals surface area contributed by atoms with Crippen molar-refractivity contribution in [2.45, 2.75) is 58.8 Å². The molecule has 2 heteroatoms.